The van der Waals surface area contributed by atoms with Crippen LogP contribution in [0.5, 0.6) is 0 Å². The van der Waals surface area contributed by atoms with Crippen LogP contribution in [-0.4, -0.2) is 51.8 Å². The number of hydrogen-bond donors (Lipinski definition) is 0. The second-order valence-electron chi connectivity index (χ2n) is 2.99. The summed E-state index contributed by atoms with van der Waals surface area (Å²) in [5.74, 6) is 0. The van der Waals surface area contributed by atoms with Gasteiger partial charge in [-0.2, -0.15) is 0 Å². The van der Waals surface area contributed by atoms with Gasteiger partial charge in [0.15, 0.2) is 0 Å². The van der Waals surface area contributed by atoms with Gasteiger partial charge in [-0.25, -0.2) is 6.29 Å². The average molecular weight is 246 g/mol. The Kier molecular flexibility index (Phi) is 16.4. The molecule has 0 aromatic heterocycles. The largest absolute Gasteiger partial charge is 2.00 e. The molecule has 0 spiro atoms. The molecule has 0 fully saturated rings. The topological polar surface area (TPSA) is 46.1 Å². The Bertz CT molecular complexity index is 76.9. The molecule has 0 saturated carbocycles. The van der Waals surface area contributed by atoms with Crippen molar-refractivity contribution in [3.8, 4) is 0 Å². The Hall–Kier alpha value is 1.40. The van der Waals surface area contributed by atoms with E-state index in [0.29, 0.717) is 6.42 Å². The Labute approximate surface area is 113 Å². The van der Waals surface area contributed by atoms with E-state index in [0.717, 1.165) is 12.8 Å². The molecule has 3 heteroatoms. The van der Waals surface area contributed by atoms with Crippen LogP contribution in [0.4, 0.5) is 0 Å². The first-order chi connectivity index (χ1) is 5.27. The molecule has 0 amide bonds. The molecule has 0 rings (SSSR count). The minimum Gasteiger partial charge on any atom is -0.865 e. The second-order valence-corrected chi connectivity index (χ2v) is 2.99. The maximum Gasteiger partial charge on any atom is 2.00 e. The minimum atomic E-state index is -1.60. The van der Waals surface area contributed by atoms with Gasteiger partial charge in [0.1, 0.15) is 0 Å². The second kappa shape index (κ2) is 12.4. The maximum absolute atomic E-state index is 10.1. The fourth-order valence-corrected chi connectivity index (χ4v) is 1.09. The van der Waals surface area contributed by atoms with E-state index in [1.807, 2.05) is 0 Å². The summed E-state index contributed by atoms with van der Waals surface area (Å²) < 4.78 is 0. The zero-order valence-electron chi connectivity index (χ0n) is 8.05. The Morgan fingerprint density at radius 2 is 1.42 bits per heavy atom. The van der Waals surface area contributed by atoms with Crippen molar-refractivity contribution in [2.45, 2.75) is 58.2 Å². The first kappa shape index (κ1) is 15.9. The summed E-state index contributed by atoms with van der Waals surface area (Å²) in [7, 11) is 0. The first-order valence-corrected chi connectivity index (χ1v) is 4.59. The summed E-state index contributed by atoms with van der Waals surface area (Å²) in [5.41, 5.74) is 0. The fourth-order valence-electron chi connectivity index (χ4n) is 1.09. The molecule has 0 aliphatic heterocycles. The van der Waals surface area contributed by atoms with Crippen LogP contribution in [0.25, 0.3) is 0 Å². The van der Waals surface area contributed by atoms with Crippen molar-refractivity contribution in [1.29, 1.82) is 0 Å². The first-order valence-electron chi connectivity index (χ1n) is 4.59. The van der Waals surface area contributed by atoms with E-state index in [1.54, 1.807) is 0 Å². The maximum atomic E-state index is 10.1. The van der Waals surface area contributed by atoms with Crippen LogP contribution < -0.4 is 10.2 Å². The van der Waals surface area contributed by atoms with E-state index in [-0.39, 0.29) is 45.5 Å². The van der Waals surface area contributed by atoms with Crippen molar-refractivity contribution in [2.75, 3.05) is 0 Å². The molecular formula is C9H18O2Sr. The Morgan fingerprint density at radius 3 is 1.92 bits per heavy atom. The van der Waals surface area contributed by atoms with Crippen molar-refractivity contribution >= 4 is 45.5 Å². The van der Waals surface area contributed by atoms with Crippen molar-refractivity contribution in [3.05, 3.63) is 0 Å². The summed E-state index contributed by atoms with van der Waals surface area (Å²) in [6, 6.07) is 0. The molecule has 0 atom stereocenters. The molecule has 0 heterocycles. The number of hydrogen-bond acceptors (Lipinski definition) is 2. The van der Waals surface area contributed by atoms with Gasteiger partial charge >= 0.3 is 45.5 Å². The van der Waals surface area contributed by atoms with Gasteiger partial charge in [0.25, 0.3) is 0 Å². The van der Waals surface area contributed by atoms with E-state index in [4.69, 9.17) is 0 Å². The average Bonchev–Trinajstić information content (AvgIpc) is 1.96. The van der Waals surface area contributed by atoms with E-state index in [1.165, 1.54) is 25.7 Å². The molecule has 0 aliphatic rings. The summed E-state index contributed by atoms with van der Waals surface area (Å²) in [6.45, 7) is 2.17. The van der Waals surface area contributed by atoms with Gasteiger partial charge in [-0.1, -0.05) is 51.9 Å². The van der Waals surface area contributed by atoms with E-state index in [9.17, 15) is 10.2 Å². The molecule has 0 aromatic rings. The molecule has 0 unspecified atom stereocenters. The summed E-state index contributed by atoms with van der Waals surface area (Å²) in [4.78, 5) is 0. The zero-order chi connectivity index (χ0) is 8.53. The molecule has 0 saturated heterocycles. The molecule has 0 aromatic carbocycles. The molecule has 12 heavy (non-hydrogen) atoms. The molecule has 0 N–H and O–H groups in total. The summed E-state index contributed by atoms with van der Waals surface area (Å²) >= 11 is 0. The van der Waals surface area contributed by atoms with Crippen LogP contribution in [0.3, 0.4) is 0 Å². The van der Waals surface area contributed by atoms with Crippen LogP contribution in [0.2, 0.25) is 0 Å². The van der Waals surface area contributed by atoms with Gasteiger partial charge in [0.2, 0.25) is 0 Å². The van der Waals surface area contributed by atoms with Crippen LogP contribution in [0.15, 0.2) is 0 Å². The van der Waals surface area contributed by atoms with E-state index >= 15 is 0 Å². The van der Waals surface area contributed by atoms with Crippen molar-refractivity contribution < 1.29 is 10.2 Å². The predicted octanol–water partition coefficient (Wildman–Crippen LogP) is 0.403. The summed E-state index contributed by atoms with van der Waals surface area (Å²) in [5, 5.41) is 20.1. The summed E-state index contributed by atoms with van der Waals surface area (Å²) in [6.07, 6.45) is 5.54. The standard InChI is InChI=1S/C9H18O2.Sr/c1-2-3-4-5-6-7-8-9(10)11;/h9H,2-8H2,1H3;/q-2;+2. The van der Waals surface area contributed by atoms with Gasteiger partial charge in [-0.05, 0) is 0 Å². The SMILES string of the molecule is CCCCCCCCC([O-])[O-].[Sr+2]. The van der Waals surface area contributed by atoms with E-state index < -0.39 is 6.29 Å². The third-order valence-corrected chi connectivity index (χ3v) is 1.79. The molecule has 0 bridgehead atoms. The minimum absolute atomic E-state index is 0. The molecular weight excluding hydrogens is 228 g/mol. The van der Waals surface area contributed by atoms with Crippen LogP contribution in [-0.2, 0) is 0 Å². The Morgan fingerprint density at radius 1 is 0.917 bits per heavy atom. The normalized spacial score (nSPS) is 10.0. The Balaban J connectivity index is 0. The van der Waals surface area contributed by atoms with Crippen LogP contribution >= 0.6 is 0 Å². The van der Waals surface area contributed by atoms with Gasteiger partial charge < -0.3 is 10.2 Å². The molecule has 0 radical (unpaired) electrons. The predicted molar refractivity (Wildman–Crippen MR) is 47.5 cm³/mol. The number of unbranched alkanes of at least 4 members (excludes halogenated alkanes) is 5. The van der Waals surface area contributed by atoms with Crippen molar-refractivity contribution in [3.63, 3.8) is 0 Å². The van der Waals surface area contributed by atoms with Gasteiger partial charge in [0, 0.05) is 0 Å². The smallest absolute Gasteiger partial charge is 0.865 e. The van der Waals surface area contributed by atoms with Gasteiger partial charge in [0.05, 0.1) is 0 Å². The van der Waals surface area contributed by atoms with Crippen LogP contribution in [0.1, 0.15) is 51.9 Å². The molecule has 2 nitrogen and oxygen atoms in total. The number of rotatable bonds is 7. The third kappa shape index (κ3) is 14.0. The molecule has 68 valence electrons. The van der Waals surface area contributed by atoms with Gasteiger partial charge in [-0.3, -0.25) is 0 Å². The zero-order valence-corrected chi connectivity index (χ0v) is 11.5. The van der Waals surface area contributed by atoms with Crippen molar-refractivity contribution in [1.82, 2.24) is 0 Å². The third-order valence-electron chi connectivity index (χ3n) is 1.79. The fraction of sp³-hybridized carbons (Fsp3) is 1.00. The van der Waals surface area contributed by atoms with Crippen molar-refractivity contribution in [2.24, 2.45) is 0 Å². The molecule has 0 aliphatic carbocycles. The quantitative estimate of drug-likeness (QED) is 0.371. The van der Waals surface area contributed by atoms with E-state index in [2.05, 4.69) is 6.92 Å². The van der Waals surface area contributed by atoms with Crippen LogP contribution in [0, 0.1) is 0 Å². The monoisotopic (exact) mass is 246 g/mol. The van der Waals surface area contributed by atoms with Gasteiger partial charge in [-0.15, -0.1) is 0 Å².